The van der Waals surface area contributed by atoms with Crippen molar-refractivity contribution in [2.45, 2.75) is 155 Å². The van der Waals surface area contributed by atoms with E-state index in [9.17, 15) is 17.3 Å². The molecule has 286 valence electrons. The van der Waals surface area contributed by atoms with E-state index in [4.69, 9.17) is 9.98 Å². The normalized spacial score (nSPS) is 13.6. The van der Waals surface area contributed by atoms with Crippen molar-refractivity contribution in [1.29, 1.82) is 0 Å². The molecule has 0 amide bonds. The Hall–Kier alpha value is -1.01. The summed E-state index contributed by atoms with van der Waals surface area (Å²) < 4.78 is 44.8. The van der Waals surface area contributed by atoms with Crippen molar-refractivity contribution in [3.63, 3.8) is 0 Å². The topological polar surface area (TPSA) is 31.2 Å². The van der Waals surface area contributed by atoms with Gasteiger partial charge in [0.1, 0.15) is 0 Å². The van der Waals surface area contributed by atoms with Crippen LogP contribution >= 0.6 is 0 Å². The van der Waals surface area contributed by atoms with Gasteiger partial charge >= 0.3 is 317 Å². The molecule has 0 unspecified atom stereocenters. The third kappa shape index (κ3) is 25.0. The molecule has 0 spiro atoms. The fraction of sp³-hybridized carbons (Fsp3) is 0.632. The average Bonchev–Trinajstić information content (AvgIpc) is 2.85. The summed E-state index contributed by atoms with van der Waals surface area (Å²) in [5.41, 5.74) is 2.43. The van der Waals surface area contributed by atoms with E-state index in [-0.39, 0.29) is 75.8 Å². The minimum Gasteiger partial charge on any atom is -0.418 e. The Morgan fingerprint density at radius 1 is 0.480 bits per heavy atom. The summed E-state index contributed by atoms with van der Waals surface area (Å²) in [5, 5.41) is 0. The van der Waals surface area contributed by atoms with Gasteiger partial charge in [-0.1, -0.05) is 0 Å². The van der Waals surface area contributed by atoms with Crippen LogP contribution in [0.15, 0.2) is 70.6 Å². The Labute approximate surface area is 332 Å². The van der Waals surface area contributed by atoms with E-state index in [1.54, 1.807) is 0 Å². The Morgan fingerprint density at radius 2 is 0.700 bits per heavy atom. The van der Waals surface area contributed by atoms with E-state index < -0.39 is 7.25 Å². The summed E-state index contributed by atoms with van der Waals surface area (Å²) >= 11 is -0.702. The first-order valence-corrected chi connectivity index (χ1v) is 20.9. The molecule has 0 N–H and O–H groups in total. The van der Waals surface area contributed by atoms with E-state index in [0.717, 1.165) is 11.7 Å². The molecule has 0 aliphatic carbocycles. The molecular formula is C38H64AgBF4Ge2N4. The Bertz CT molecular complexity index is 1210. The number of hydrogen-bond acceptors (Lipinski definition) is 2. The molecule has 0 aliphatic rings. The third-order valence-corrected chi connectivity index (χ3v) is 13.1. The number of aliphatic imine (C=N–C) groups is 2. The molecule has 2 rings (SSSR count). The Morgan fingerprint density at radius 3 is 0.860 bits per heavy atom. The fourth-order valence-corrected chi connectivity index (χ4v) is 9.46. The van der Waals surface area contributed by atoms with Gasteiger partial charge < -0.3 is 17.3 Å². The molecule has 0 heterocycles. The van der Waals surface area contributed by atoms with Crippen LogP contribution < -0.4 is 0 Å². The predicted octanol–water partition coefficient (Wildman–Crippen LogP) is 11.6. The van der Waals surface area contributed by atoms with Crippen molar-refractivity contribution in [2.24, 2.45) is 9.98 Å². The minimum absolute atomic E-state index is 0. The molecule has 2 aromatic carbocycles. The van der Waals surface area contributed by atoms with Gasteiger partial charge in [-0.15, -0.1) is 0 Å². The predicted molar refractivity (Wildman–Crippen MR) is 210 cm³/mol. The second-order valence-electron chi connectivity index (χ2n) is 18.2. The standard InChI is InChI=1S/2C19H32GeN2.Ag.BF4/c2*1-17(2,3)20-22(19(7,8)9)16(21-18(4,5)6)15-13-11-10-12-14-15;;2-1(3,4)5/h2*10-14H,1-9H3;;/q;;+1;-1. The Balaban J connectivity index is 0. The largest absolute Gasteiger partial charge is 1.00 e. The molecule has 2 aromatic rings. The van der Waals surface area contributed by atoms with Crippen molar-refractivity contribution < 1.29 is 39.6 Å². The molecule has 4 nitrogen and oxygen atoms in total. The van der Waals surface area contributed by atoms with Crippen molar-refractivity contribution in [2.75, 3.05) is 0 Å². The fourth-order valence-electron chi connectivity index (χ4n) is 4.04. The smallest absolute Gasteiger partial charge is 0.418 e. The van der Waals surface area contributed by atoms with E-state index in [0.29, 0.717) is 8.49 Å². The number of amidine groups is 2. The molecule has 12 heteroatoms. The van der Waals surface area contributed by atoms with E-state index in [1.807, 2.05) is 0 Å². The molecule has 0 saturated carbocycles. The first-order chi connectivity index (χ1) is 21.6. The zero-order chi connectivity index (χ0) is 38.9. The molecule has 0 atom stereocenters. The molecule has 0 fully saturated rings. The monoisotopic (exact) mass is 918 g/mol. The molecule has 4 radical (unpaired) electrons. The van der Waals surface area contributed by atoms with Crippen LogP contribution in [0, 0.1) is 0 Å². The van der Waals surface area contributed by atoms with Crippen molar-refractivity contribution in [3.8, 4) is 0 Å². The summed E-state index contributed by atoms with van der Waals surface area (Å²) in [7, 11) is -6.00. The van der Waals surface area contributed by atoms with Gasteiger partial charge in [-0.2, -0.15) is 0 Å². The minimum atomic E-state index is -6.00. The van der Waals surface area contributed by atoms with Crippen LogP contribution in [-0.2, 0) is 22.4 Å². The number of rotatable bonds is 4. The number of hydrogen-bond donors (Lipinski definition) is 0. The van der Waals surface area contributed by atoms with Crippen molar-refractivity contribution in [3.05, 3.63) is 71.8 Å². The Kier molecular flexibility index (Phi) is 20.3. The quantitative estimate of drug-likeness (QED) is 0.132. The SMILES string of the molecule is CC(C)(C)N=C(c1ccccc1)[N]([Ge][C](C)(C)C)C(C)(C)C.CC(C)(C)N=C(c1ccccc1)[N]([Ge][C](C)(C)C)C(C)(C)C.F[B-](F)(F)F.[Ag+]. The van der Waals surface area contributed by atoms with Crippen LogP contribution in [0.4, 0.5) is 17.3 Å². The van der Waals surface area contributed by atoms with Gasteiger partial charge in [-0.25, -0.2) is 0 Å². The van der Waals surface area contributed by atoms with Gasteiger partial charge in [0.05, 0.1) is 0 Å². The molecule has 0 aromatic heterocycles. The second kappa shape index (κ2) is 19.9. The van der Waals surface area contributed by atoms with Crippen molar-refractivity contribution in [1.82, 2.24) is 7.71 Å². The van der Waals surface area contributed by atoms with Crippen LogP contribution in [0.2, 0.25) is 8.49 Å². The summed E-state index contributed by atoms with van der Waals surface area (Å²) in [4.78, 5) is 10.2. The van der Waals surface area contributed by atoms with Crippen LogP contribution in [0.25, 0.3) is 0 Å². The molecule has 0 saturated heterocycles. The number of halogens is 4. The maximum atomic E-state index is 9.75. The van der Waals surface area contributed by atoms with Gasteiger partial charge in [0.25, 0.3) is 0 Å². The van der Waals surface area contributed by atoms with Gasteiger partial charge in [-0.3, -0.25) is 0 Å². The summed E-state index contributed by atoms with van der Waals surface area (Å²) in [5.74, 6) is 2.30. The summed E-state index contributed by atoms with van der Waals surface area (Å²) in [6, 6.07) is 21.3. The maximum absolute atomic E-state index is 9.75. The zero-order valence-electron chi connectivity index (χ0n) is 34.0. The third-order valence-electron chi connectivity index (χ3n) is 5.61. The van der Waals surface area contributed by atoms with Crippen LogP contribution in [0.3, 0.4) is 0 Å². The first kappa shape index (κ1) is 51.1. The van der Waals surface area contributed by atoms with Crippen LogP contribution in [0.5, 0.6) is 0 Å². The summed E-state index contributed by atoms with van der Waals surface area (Å²) in [6.07, 6.45) is 0. The molecule has 50 heavy (non-hydrogen) atoms. The zero-order valence-corrected chi connectivity index (χ0v) is 39.6. The van der Waals surface area contributed by atoms with E-state index in [2.05, 4.69) is 193 Å². The number of nitrogens with zero attached hydrogens (tertiary/aromatic N) is 4. The van der Waals surface area contributed by atoms with E-state index in [1.165, 1.54) is 11.1 Å². The average molecular weight is 917 g/mol. The van der Waals surface area contributed by atoms with Gasteiger partial charge in [0.2, 0.25) is 0 Å². The second-order valence-corrected chi connectivity index (χ2v) is 27.3. The van der Waals surface area contributed by atoms with Crippen molar-refractivity contribution >= 4 is 50.2 Å². The van der Waals surface area contributed by atoms with E-state index >= 15 is 0 Å². The molecule has 0 bridgehead atoms. The summed E-state index contributed by atoms with van der Waals surface area (Å²) in [6.45, 7) is 40.8. The van der Waals surface area contributed by atoms with Crippen LogP contribution in [0.1, 0.15) is 136 Å². The van der Waals surface area contributed by atoms with Gasteiger partial charge in [0.15, 0.2) is 0 Å². The van der Waals surface area contributed by atoms with Gasteiger partial charge in [0, 0.05) is 0 Å². The van der Waals surface area contributed by atoms with Gasteiger partial charge in [-0.05, 0) is 0 Å². The maximum Gasteiger partial charge on any atom is 1.00 e. The molecular weight excluding hydrogens is 852 g/mol. The van der Waals surface area contributed by atoms with Crippen LogP contribution in [-0.4, -0.2) is 80.1 Å². The number of benzene rings is 2. The first-order valence-electron chi connectivity index (χ1n) is 16.9. The molecule has 0 aliphatic heterocycles.